The average Bonchev–Trinajstić information content (AvgIpc) is 3.29. The summed E-state index contributed by atoms with van der Waals surface area (Å²) in [6.07, 6.45) is 3.69. The van der Waals surface area contributed by atoms with Gasteiger partial charge >= 0.3 is 5.97 Å². The zero-order chi connectivity index (χ0) is 24.8. The Labute approximate surface area is 206 Å². The number of rotatable bonds is 9. The highest BCUT2D eigenvalue weighted by atomic mass is 79.9. The lowest BCUT2D eigenvalue weighted by Gasteiger charge is -2.26. The van der Waals surface area contributed by atoms with Crippen LogP contribution in [0.2, 0.25) is 0 Å². The minimum atomic E-state index is -0.728. The number of hydrogen-bond acceptors (Lipinski definition) is 6. The van der Waals surface area contributed by atoms with Gasteiger partial charge in [0.15, 0.2) is 11.4 Å². The van der Waals surface area contributed by atoms with Crippen LogP contribution in [0.1, 0.15) is 53.1 Å². The Morgan fingerprint density at radius 2 is 2.06 bits per heavy atom. The van der Waals surface area contributed by atoms with Gasteiger partial charge in [-0.2, -0.15) is 5.10 Å². The first-order valence-electron chi connectivity index (χ1n) is 10.7. The van der Waals surface area contributed by atoms with Crippen LogP contribution in [-0.2, 0) is 18.3 Å². The van der Waals surface area contributed by atoms with E-state index in [1.807, 2.05) is 36.0 Å². The maximum Gasteiger partial charge on any atom is 0.361 e. The fourth-order valence-electron chi connectivity index (χ4n) is 4.02. The summed E-state index contributed by atoms with van der Waals surface area (Å²) in [7, 11) is 2.90. The third-order valence-electron chi connectivity index (χ3n) is 5.58. The van der Waals surface area contributed by atoms with Crippen molar-refractivity contribution in [2.45, 2.75) is 32.2 Å². The lowest BCUT2D eigenvalue weighted by molar-refractivity contribution is 0.0514. The van der Waals surface area contributed by atoms with Crippen molar-refractivity contribution in [3.8, 4) is 5.75 Å². The molecule has 0 saturated heterocycles. The number of aromatic nitrogens is 4. The molecule has 0 bridgehead atoms. The van der Waals surface area contributed by atoms with Crippen molar-refractivity contribution >= 4 is 27.6 Å². The van der Waals surface area contributed by atoms with E-state index in [0.717, 1.165) is 16.5 Å². The quantitative estimate of drug-likeness (QED) is 0.237. The number of benzene rings is 1. The molecule has 2 aromatic heterocycles. The molecule has 0 spiro atoms. The van der Waals surface area contributed by atoms with Crippen LogP contribution in [0.3, 0.4) is 0 Å². The van der Waals surface area contributed by atoms with Gasteiger partial charge in [-0.25, -0.2) is 14.6 Å². The van der Waals surface area contributed by atoms with Crippen LogP contribution in [0.5, 0.6) is 5.75 Å². The Balaban J connectivity index is 2.24. The Morgan fingerprint density at radius 3 is 2.71 bits per heavy atom. The van der Waals surface area contributed by atoms with Crippen LogP contribution in [0, 0.1) is 6.57 Å². The highest BCUT2D eigenvalue weighted by Crippen LogP contribution is 2.41. The molecule has 2 unspecified atom stereocenters. The van der Waals surface area contributed by atoms with Gasteiger partial charge in [0, 0.05) is 30.4 Å². The first-order valence-corrected chi connectivity index (χ1v) is 11.9. The fourth-order valence-corrected chi connectivity index (χ4v) is 4.38. The molecule has 3 rings (SSSR count). The van der Waals surface area contributed by atoms with Gasteiger partial charge < -0.3 is 9.47 Å². The maximum atomic E-state index is 13.1. The van der Waals surface area contributed by atoms with Crippen LogP contribution in [0.15, 0.2) is 41.5 Å². The number of halogens is 1. The summed E-state index contributed by atoms with van der Waals surface area (Å²) in [5.41, 5.74) is 1.49. The summed E-state index contributed by atoms with van der Waals surface area (Å²) in [5.74, 6) is -1.28. The highest BCUT2D eigenvalue weighted by Gasteiger charge is 2.31. The average molecular weight is 528 g/mol. The van der Waals surface area contributed by atoms with Crippen LogP contribution in [0.25, 0.3) is 4.85 Å². The van der Waals surface area contributed by atoms with Crippen LogP contribution >= 0.6 is 15.9 Å². The molecular weight excluding hydrogens is 502 g/mol. The molecule has 3 aromatic rings. The molecule has 0 aliphatic rings. The second-order valence-corrected chi connectivity index (χ2v) is 8.39. The molecule has 0 N–H and O–H groups in total. The molecule has 10 heteroatoms. The molecule has 0 fully saturated rings. The molecule has 0 radical (unpaired) electrons. The van der Waals surface area contributed by atoms with Gasteiger partial charge in [0.2, 0.25) is 5.75 Å². The van der Waals surface area contributed by atoms with E-state index in [4.69, 9.17) is 16.0 Å². The second-order valence-electron chi connectivity index (χ2n) is 7.60. The summed E-state index contributed by atoms with van der Waals surface area (Å²) >= 11 is 3.43. The SMILES string of the molecule is [C-]#[N+]c1ccccc1C(c1cnn(CCBr)c1)C(C)c1nc(C(=O)OCC)c(OC)c(=O)n1C. The molecule has 2 heterocycles. The van der Waals surface area contributed by atoms with E-state index >= 15 is 0 Å². The number of carbonyl (C=O) groups excluding carboxylic acids is 1. The topological polar surface area (TPSA) is 92.6 Å². The third-order valence-corrected chi connectivity index (χ3v) is 5.94. The largest absolute Gasteiger partial charge is 0.489 e. The number of carbonyl (C=O) groups is 1. The Kier molecular flexibility index (Phi) is 8.23. The predicted octanol–water partition coefficient (Wildman–Crippen LogP) is 4.04. The molecule has 9 nitrogen and oxygen atoms in total. The highest BCUT2D eigenvalue weighted by molar-refractivity contribution is 9.09. The number of para-hydroxylation sites is 1. The molecule has 0 amide bonds. The number of hydrogen-bond donors (Lipinski definition) is 0. The summed E-state index contributed by atoms with van der Waals surface area (Å²) in [5, 5.41) is 5.19. The molecule has 0 aliphatic heterocycles. The van der Waals surface area contributed by atoms with Gasteiger partial charge in [0.05, 0.1) is 33.0 Å². The first-order chi connectivity index (χ1) is 16.4. The van der Waals surface area contributed by atoms with E-state index in [1.54, 1.807) is 26.2 Å². The standard InChI is InChI=1S/C24H26BrN5O4/c1-6-34-24(32)20-21(33-5)23(31)29(4)22(28-20)15(2)19(16-13-27-30(14-16)12-11-25)17-9-7-8-10-18(17)26-3/h7-10,13-15,19H,6,11-12H2,1-2,4-5H3. The van der Waals surface area contributed by atoms with Gasteiger partial charge in [0.1, 0.15) is 5.82 Å². The monoisotopic (exact) mass is 527 g/mol. The van der Waals surface area contributed by atoms with E-state index in [2.05, 4.69) is 30.9 Å². The summed E-state index contributed by atoms with van der Waals surface area (Å²) < 4.78 is 13.5. The van der Waals surface area contributed by atoms with Crippen LogP contribution in [-0.4, -0.2) is 44.3 Å². The Hall–Kier alpha value is -3.45. The number of methoxy groups -OCH3 is 1. The van der Waals surface area contributed by atoms with Crippen LogP contribution in [0.4, 0.5) is 5.69 Å². The van der Waals surface area contributed by atoms with Crippen molar-refractivity contribution < 1.29 is 14.3 Å². The number of alkyl halides is 1. The normalized spacial score (nSPS) is 12.6. The zero-order valence-corrected chi connectivity index (χ0v) is 21.1. The van der Waals surface area contributed by atoms with E-state index < -0.39 is 17.4 Å². The lowest BCUT2D eigenvalue weighted by atomic mass is 9.81. The molecule has 1 aromatic carbocycles. The zero-order valence-electron chi connectivity index (χ0n) is 19.5. The predicted molar refractivity (Wildman–Crippen MR) is 131 cm³/mol. The van der Waals surface area contributed by atoms with Crippen molar-refractivity contribution in [1.29, 1.82) is 0 Å². The van der Waals surface area contributed by atoms with E-state index in [0.29, 0.717) is 18.1 Å². The van der Waals surface area contributed by atoms with Gasteiger partial charge in [-0.3, -0.25) is 14.0 Å². The minimum Gasteiger partial charge on any atom is -0.489 e. The van der Waals surface area contributed by atoms with Gasteiger partial charge in [0.25, 0.3) is 5.56 Å². The molecular formula is C24H26BrN5O4. The number of nitrogens with zero attached hydrogens (tertiary/aromatic N) is 5. The lowest BCUT2D eigenvalue weighted by Crippen LogP contribution is -2.30. The Bertz CT molecular complexity index is 1280. The number of aryl methyl sites for hydroxylation is 1. The summed E-state index contributed by atoms with van der Waals surface area (Å²) in [4.78, 5) is 33.9. The number of ether oxygens (including phenoxy) is 2. The van der Waals surface area contributed by atoms with Crippen molar-refractivity contribution in [3.05, 3.63) is 81.1 Å². The minimum absolute atomic E-state index is 0.136. The van der Waals surface area contributed by atoms with Gasteiger partial charge in [-0.15, -0.1) is 0 Å². The van der Waals surface area contributed by atoms with E-state index in [-0.39, 0.29) is 24.0 Å². The van der Waals surface area contributed by atoms with Gasteiger partial charge in [-0.1, -0.05) is 47.1 Å². The third kappa shape index (κ3) is 4.89. The number of esters is 1. The Morgan fingerprint density at radius 1 is 1.32 bits per heavy atom. The van der Waals surface area contributed by atoms with Crippen molar-refractivity contribution in [1.82, 2.24) is 19.3 Å². The van der Waals surface area contributed by atoms with Gasteiger partial charge in [-0.05, 0) is 18.1 Å². The molecule has 0 saturated carbocycles. The smallest absolute Gasteiger partial charge is 0.361 e. The second kappa shape index (κ2) is 11.1. The van der Waals surface area contributed by atoms with Crippen molar-refractivity contribution in [3.63, 3.8) is 0 Å². The summed E-state index contributed by atoms with van der Waals surface area (Å²) in [6, 6.07) is 7.34. The molecule has 2 atom stereocenters. The van der Waals surface area contributed by atoms with Crippen molar-refractivity contribution in [2.24, 2.45) is 7.05 Å². The summed E-state index contributed by atoms with van der Waals surface area (Å²) in [6.45, 7) is 12.1. The van der Waals surface area contributed by atoms with Crippen LogP contribution < -0.4 is 10.3 Å². The van der Waals surface area contributed by atoms with E-state index in [9.17, 15) is 9.59 Å². The molecule has 0 aliphatic carbocycles. The maximum absolute atomic E-state index is 13.1. The molecule has 34 heavy (non-hydrogen) atoms. The van der Waals surface area contributed by atoms with E-state index in [1.165, 1.54) is 11.7 Å². The fraction of sp³-hybridized carbons (Fsp3) is 0.375. The first kappa shape index (κ1) is 25.2. The molecule has 178 valence electrons. The van der Waals surface area contributed by atoms with Crippen molar-refractivity contribution in [2.75, 3.05) is 19.0 Å².